The summed E-state index contributed by atoms with van der Waals surface area (Å²) in [5.74, 6) is -0.126. The first-order chi connectivity index (χ1) is 13.5. The number of hydrogen-bond acceptors (Lipinski definition) is 4. The molecule has 0 aliphatic heterocycles. The highest BCUT2D eigenvalue weighted by molar-refractivity contribution is 6.32. The molecule has 3 aromatic heterocycles. The highest BCUT2D eigenvalue weighted by Gasteiger charge is 2.13. The first-order valence-corrected chi connectivity index (χ1v) is 8.96. The zero-order valence-corrected chi connectivity index (χ0v) is 15.7. The van der Waals surface area contributed by atoms with Crippen LogP contribution < -0.4 is 5.32 Å². The van der Waals surface area contributed by atoms with E-state index in [1.54, 1.807) is 16.7 Å². The van der Waals surface area contributed by atoms with Gasteiger partial charge in [0, 0.05) is 29.3 Å². The van der Waals surface area contributed by atoms with Gasteiger partial charge in [-0.25, -0.2) is 9.37 Å². The van der Waals surface area contributed by atoms with Crippen molar-refractivity contribution in [2.75, 3.05) is 6.54 Å². The molecule has 7 nitrogen and oxygen atoms in total. The van der Waals surface area contributed by atoms with Gasteiger partial charge in [-0.05, 0) is 43.2 Å². The second-order valence-corrected chi connectivity index (χ2v) is 6.73. The summed E-state index contributed by atoms with van der Waals surface area (Å²) in [6.07, 6.45) is 4.96. The van der Waals surface area contributed by atoms with E-state index in [1.165, 1.54) is 31.0 Å². The summed E-state index contributed by atoms with van der Waals surface area (Å²) in [4.78, 5) is 19.9. The zero-order valence-electron chi connectivity index (χ0n) is 14.9. The molecule has 1 aromatic carbocycles. The van der Waals surface area contributed by atoms with Crippen molar-refractivity contribution >= 4 is 28.4 Å². The van der Waals surface area contributed by atoms with Crippen molar-refractivity contribution in [1.29, 1.82) is 0 Å². The predicted octanol–water partition coefficient (Wildman–Crippen LogP) is 3.22. The third-order valence-electron chi connectivity index (χ3n) is 4.49. The molecule has 2 N–H and O–H groups in total. The minimum atomic E-state index is -0.286. The average molecular weight is 399 g/mol. The molecule has 9 heteroatoms. The Bertz CT molecular complexity index is 1150. The quantitative estimate of drug-likeness (QED) is 0.540. The number of amides is 1. The van der Waals surface area contributed by atoms with Crippen molar-refractivity contribution < 1.29 is 9.18 Å². The molecule has 142 valence electrons. The van der Waals surface area contributed by atoms with Gasteiger partial charge in [-0.1, -0.05) is 11.6 Å². The smallest absolute Gasteiger partial charge is 0.252 e. The Labute approximate surface area is 164 Å². The van der Waals surface area contributed by atoms with Gasteiger partial charge in [0.2, 0.25) is 0 Å². The number of pyridine rings is 1. The van der Waals surface area contributed by atoms with Crippen molar-refractivity contribution in [2.45, 2.75) is 13.3 Å². The van der Waals surface area contributed by atoms with Gasteiger partial charge in [0.05, 0.1) is 10.6 Å². The van der Waals surface area contributed by atoms with E-state index in [0.717, 1.165) is 22.2 Å². The number of aryl methyl sites for hydroxylation is 1. The lowest BCUT2D eigenvalue weighted by molar-refractivity contribution is 0.0954. The van der Waals surface area contributed by atoms with Crippen molar-refractivity contribution in [2.24, 2.45) is 0 Å². The van der Waals surface area contributed by atoms with Crippen LogP contribution in [-0.4, -0.2) is 37.2 Å². The summed E-state index contributed by atoms with van der Waals surface area (Å²) < 4.78 is 15.1. The molecule has 0 radical (unpaired) electrons. The van der Waals surface area contributed by atoms with Gasteiger partial charge < -0.3 is 10.3 Å². The fourth-order valence-electron chi connectivity index (χ4n) is 3.13. The Morgan fingerprint density at radius 1 is 1.29 bits per heavy atom. The van der Waals surface area contributed by atoms with Gasteiger partial charge in [0.1, 0.15) is 18.5 Å². The van der Waals surface area contributed by atoms with E-state index < -0.39 is 0 Å². The van der Waals surface area contributed by atoms with Crippen LogP contribution in [0.5, 0.6) is 0 Å². The number of hydrogen-bond donors (Lipinski definition) is 2. The normalized spacial score (nSPS) is 11.1. The highest BCUT2D eigenvalue weighted by atomic mass is 35.5. The van der Waals surface area contributed by atoms with Crippen molar-refractivity contribution in [3.63, 3.8) is 0 Å². The Hall–Kier alpha value is -3.26. The summed E-state index contributed by atoms with van der Waals surface area (Å²) >= 11 is 6.22. The zero-order chi connectivity index (χ0) is 19.7. The van der Waals surface area contributed by atoms with Gasteiger partial charge in [0.15, 0.2) is 5.82 Å². The van der Waals surface area contributed by atoms with Gasteiger partial charge in [0.25, 0.3) is 5.91 Å². The number of nitrogens with one attached hydrogen (secondary N) is 2. The van der Waals surface area contributed by atoms with Crippen molar-refractivity contribution in [1.82, 2.24) is 30.0 Å². The van der Waals surface area contributed by atoms with Crippen molar-refractivity contribution in [3.8, 4) is 5.82 Å². The fourth-order valence-corrected chi connectivity index (χ4v) is 3.40. The molecule has 0 atom stereocenters. The Balaban J connectivity index is 1.45. The highest BCUT2D eigenvalue weighted by Crippen LogP contribution is 2.23. The number of halogens is 2. The summed E-state index contributed by atoms with van der Waals surface area (Å²) in [7, 11) is 0. The molecular weight excluding hydrogens is 383 g/mol. The number of benzene rings is 1. The third kappa shape index (κ3) is 3.46. The predicted molar refractivity (Wildman–Crippen MR) is 103 cm³/mol. The number of aromatic amines is 1. The Morgan fingerprint density at radius 3 is 2.82 bits per heavy atom. The first kappa shape index (κ1) is 18.1. The minimum Gasteiger partial charge on any atom is -0.358 e. The molecule has 4 aromatic rings. The second kappa shape index (κ2) is 7.40. The summed E-state index contributed by atoms with van der Waals surface area (Å²) in [6, 6.07) is 6.18. The van der Waals surface area contributed by atoms with Crippen LogP contribution >= 0.6 is 11.6 Å². The molecule has 4 rings (SSSR count). The molecule has 0 aliphatic carbocycles. The summed E-state index contributed by atoms with van der Waals surface area (Å²) in [5, 5.41) is 11.4. The van der Waals surface area contributed by atoms with Crippen LogP contribution in [0.25, 0.3) is 16.7 Å². The molecule has 0 unspecified atom stereocenters. The van der Waals surface area contributed by atoms with Crippen LogP contribution in [0.15, 0.2) is 43.1 Å². The molecule has 0 spiro atoms. The maximum atomic E-state index is 13.6. The SMILES string of the molecule is Cc1[nH]c2ccc(F)cc2c1CCNC(=O)c1cnc(-n2cnnc2)c(Cl)c1. The topological polar surface area (TPSA) is 88.5 Å². The van der Waals surface area contributed by atoms with E-state index in [-0.39, 0.29) is 11.7 Å². The number of carbonyl (C=O) groups excluding carboxylic acids is 1. The van der Waals surface area contributed by atoms with Crippen LogP contribution in [0.4, 0.5) is 4.39 Å². The Kier molecular flexibility index (Phi) is 4.79. The van der Waals surface area contributed by atoms with Crippen LogP contribution in [0.1, 0.15) is 21.6 Å². The van der Waals surface area contributed by atoms with E-state index in [1.807, 2.05) is 6.92 Å². The van der Waals surface area contributed by atoms with Gasteiger partial charge in [-0.15, -0.1) is 10.2 Å². The summed E-state index contributed by atoms with van der Waals surface area (Å²) in [5.41, 5.74) is 3.16. The number of carbonyl (C=O) groups is 1. The van der Waals surface area contributed by atoms with Gasteiger partial charge >= 0.3 is 0 Å². The molecule has 0 fully saturated rings. The van der Waals surface area contributed by atoms with Gasteiger partial charge in [-0.3, -0.25) is 9.36 Å². The molecule has 0 saturated carbocycles. The summed E-state index contributed by atoms with van der Waals surface area (Å²) in [6.45, 7) is 2.33. The first-order valence-electron chi connectivity index (χ1n) is 8.58. The molecule has 0 aliphatic rings. The fraction of sp³-hybridized carbons (Fsp3) is 0.158. The molecular formula is C19H16ClFN6O. The van der Waals surface area contributed by atoms with E-state index >= 15 is 0 Å². The number of fused-ring (bicyclic) bond motifs is 1. The lowest BCUT2D eigenvalue weighted by Crippen LogP contribution is -2.26. The van der Waals surface area contributed by atoms with Crippen LogP contribution in [0, 0.1) is 12.7 Å². The third-order valence-corrected chi connectivity index (χ3v) is 4.77. The molecule has 3 heterocycles. The molecule has 0 bridgehead atoms. The van der Waals surface area contributed by atoms with Crippen LogP contribution in [0.3, 0.4) is 0 Å². The van der Waals surface area contributed by atoms with Crippen molar-refractivity contribution in [3.05, 3.63) is 70.8 Å². The number of nitrogens with zero attached hydrogens (tertiary/aromatic N) is 4. The van der Waals surface area contributed by atoms with Crippen LogP contribution in [-0.2, 0) is 6.42 Å². The van der Waals surface area contributed by atoms with E-state index in [0.29, 0.717) is 29.4 Å². The monoisotopic (exact) mass is 398 g/mol. The second-order valence-electron chi connectivity index (χ2n) is 6.32. The Morgan fingerprint density at radius 2 is 2.07 bits per heavy atom. The molecule has 28 heavy (non-hydrogen) atoms. The largest absolute Gasteiger partial charge is 0.358 e. The molecule has 1 amide bonds. The van der Waals surface area contributed by atoms with E-state index in [2.05, 4.69) is 25.5 Å². The standard InChI is InChI=1S/C19H16ClFN6O/c1-11-14(15-7-13(21)2-3-17(15)26-11)4-5-22-19(28)12-6-16(20)18(23-8-12)27-9-24-25-10-27/h2-3,6-10,26H,4-5H2,1H3,(H,22,28). The maximum absolute atomic E-state index is 13.6. The molecule has 0 saturated heterocycles. The minimum absolute atomic E-state index is 0.284. The maximum Gasteiger partial charge on any atom is 0.252 e. The number of aromatic nitrogens is 5. The number of H-pyrrole nitrogens is 1. The van der Waals surface area contributed by atoms with E-state index in [4.69, 9.17) is 11.6 Å². The lowest BCUT2D eigenvalue weighted by atomic mass is 10.1. The van der Waals surface area contributed by atoms with Gasteiger partial charge in [-0.2, -0.15) is 0 Å². The number of rotatable bonds is 5. The van der Waals surface area contributed by atoms with E-state index in [9.17, 15) is 9.18 Å². The lowest BCUT2D eigenvalue weighted by Gasteiger charge is -2.08. The average Bonchev–Trinajstić information content (AvgIpc) is 3.30. The van der Waals surface area contributed by atoms with Crippen LogP contribution in [0.2, 0.25) is 5.02 Å².